The van der Waals surface area contributed by atoms with E-state index in [4.69, 9.17) is 17.3 Å². The van der Waals surface area contributed by atoms with Gasteiger partial charge < -0.3 is 5.73 Å². The quantitative estimate of drug-likeness (QED) is 0.921. The Morgan fingerprint density at radius 3 is 2.40 bits per heavy atom. The highest BCUT2D eigenvalue weighted by molar-refractivity contribution is 6.30. The lowest BCUT2D eigenvalue weighted by Gasteiger charge is -2.23. The number of benzene rings is 1. The molecular formula is C15H17Cl2FN2. The molecule has 0 radical (unpaired) electrons. The van der Waals surface area contributed by atoms with Crippen LogP contribution in [0.15, 0.2) is 42.7 Å². The fraction of sp³-hybridized carbons (Fsp3) is 0.267. The van der Waals surface area contributed by atoms with E-state index in [0.29, 0.717) is 11.6 Å². The summed E-state index contributed by atoms with van der Waals surface area (Å²) in [5.41, 5.74) is 7.80. The normalized spacial score (nSPS) is 13.4. The lowest BCUT2D eigenvalue weighted by Crippen LogP contribution is -2.19. The van der Waals surface area contributed by atoms with Crippen molar-refractivity contribution in [3.8, 4) is 0 Å². The first-order valence-electron chi connectivity index (χ1n) is 6.17. The monoisotopic (exact) mass is 314 g/mol. The van der Waals surface area contributed by atoms with E-state index >= 15 is 0 Å². The zero-order valence-corrected chi connectivity index (χ0v) is 12.7. The van der Waals surface area contributed by atoms with Crippen molar-refractivity contribution < 1.29 is 4.39 Å². The van der Waals surface area contributed by atoms with Gasteiger partial charge in [-0.25, -0.2) is 4.39 Å². The third-order valence-electron chi connectivity index (χ3n) is 3.41. The fourth-order valence-corrected chi connectivity index (χ4v) is 2.38. The van der Waals surface area contributed by atoms with Crippen LogP contribution in [-0.2, 0) is 0 Å². The number of aromatic nitrogens is 1. The highest BCUT2D eigenvalue weighted by Gasteiger charge is 2.20. The molecule has 0 bridgehead atoms. The van der Waals surface area contributed by atoms with E-state index in [-0.39, 0.29) is 30.1 Å². The van der Waals surface area contributed by atoms with Crippen molar-refractivity contribution in [2.45, 2.75) is 18.8 Å². The molecule has 0 aliphatic heterocycles. The van der Waals surface area contributed by atoms with Crippen LogP contribution in [0.3, 0.4) is 0 Å². The van der Waals surface area contributed by atoms with Gasteiger partial charge in [-0.15, -0.1) is 12.4 Å². The van der Waals surface area contributed by atoms with Crippen LogP contribution in [0.25, 0.3) is 0 Å². The number of rotatable bonds is 4. The van der Waals surface area contributed by atoms with Crippen molar-refractivity contribution in [3.05, 3.63) is 64.7 Å². The van der Waals surface area contributed by atoms with E-state index in [0.717, 1.165) is 11.1 Å². The Hall–Kier alpha value is -1.16. The van der Waals surface area contributed by atoms with Crippen LogP contribution in [0.4, 0.5) is 4.39 Å². The van der Waals surface area contributed by atoms with Crippen LogP contribution in [-0.4, -0.2) is 11.5 Å². The molecule has 2 nitrogen and oxygen atoms in total. The average Bonchev–Trinajstić information content (AvgIpc) is 2.40. The summed E-state index contributed by atoms with van der Waals surface area (Å²) in [4.78, 5) is 3.89. The van der Waals surface area contributed by atoms with Gasteiger partial charge in [0.15, 0.2) is 0 Å². The Morgan fingerprint density at radius 1 is 1.20 bits per heavy atom. The maximum atomic E-state index is 13.3. The highest BCUT2D eigenvalue weighted by Crippen LogP contribution is 2.32. The maximum Gasteiger partial charge on any atom is 0.141 e. The highest BCUT2D eigenvalue weighted by atomic mass is 35.5. The molecule has 0 amide bonds. The molecule has 0 aliphatic carbocycles. The van der Waals surface area contributed by atoms with E-state index in [1.54, 1.807) is 6.20 Å². The van der Waals surface area contributed by atoms with Crippen LogP contribution in [0.1, 0.15) is 29.9 Å². The second kappa shape index (κ2) is 7.58. The first kappa shape index (κ1) is 16.9. The third-order valence-corrected chi connectivity index (χ3v) is 3.66. The van der Waals surface area contributed by atoms with Crippen LogP contribution in [0.5, 0.6) is 0 Å². The minimum absolute atomic E-state index is 0. The molecule has 108 valence electrons. The Balaban J connectivity index is 0.00000200. The predicted octanol–water partition coefficient (Wildman–Crippen LogP) is 4.14. The summed E-state index contributed by atoms with van der Waals surface area (Å²) in [6.45, 7) is 2.51. The molecule has 0 fully saturated rings. The SMILES string of the molecule is CC(c1ccc(Cl)cc1)C(CN)c1cncc(F)c1.Cl. The molecule has 2 rings (SSSR count). The molecule has 1 aromatic heterocycles. The molecule has 1 heterocycles. The second-order valence-corrected chi connectivity index (χ2v) is 5.06. The van der Waals surface area contributed by atoms with Crippen molar-refractivity contribution >= 4 is 24.0 Å². The molecule has 0 aliphatic rings. The molecular weight excluding hydrogens is 298 g/mol. The van der Waals surface area contributed by atoms with Crippen LogP contribution in [0.2, 0.25) is 5.02 Å². The van der Waals surface area contributed by atoms with Crippen LogP contribution < -0.4 is 5.73 Å². The zero-order valence-electron chi connectivity index (χ0n) is 11.1. The molecule has 0 saturated heterocycles. The van der Waals surface area contributed by atoms with Gasteiger partial charge in [-0.2, -0.15) is 0 Å². The van der Waals surface area contributed by atoms with Crippen molar-refractivity contribution in [2.24, 2.45) is 5.73 Å². The van der Waals surface area contributed by atoms with E-state index in [1.807, 2.05) is 24.3 Å². The van der Waals surface area contributed by atoms with Gasteiger partial charge >= 0.3 is 0 Å². The summed E-state index contributed by atoms with van der Waals surface area (Å²) in [7, 11) is 0. The Bertz CT molecular complexity index is 546. The van der Waals surface area contributed by atoms with Gasteiger partial charge in [-0.1, -0.05) is 30.7 Å². The molecule has 0 saturated carbocycles. The Labute approximate surface area is 129 Å². The number of nitrogens with zero attached hydrogens (tertiary/aromatic N) is 1. The Kier molecular flexibility index (Phi) is 6.40. The minimum Gasteiger partial charge on any atom is -0.330 e. The molecule has 20 heavy (non-hydrogen) atoms. The second-order valence-electron chi connectivity index (χ2n) is 4.62. The smallest absolute Gasteiger partial charge is 0.141 e. The van der Waals surface area contributed by atoms with Crippen molar-refractivity contribution in [1.82, 2.24) is 4.98 Å². The lowest BCUT2D eigenvalue weighted by molar-refractivity contribution is 0.568. The number of pyridine rings is 1. The number of hydrogen-bond acceptors (Lipinski definition) is 2. The van der Waals surface area contributed by atoms with Gasteiger partial charge in [0, 0.05) is 17.1 Å². The van der Waals surface area contributed by atoms with Gasteiger partial charge in [0.2, 0.25) is 0 Å². The fourth-order valence-electron chi connectivity index (χ4n) is 2.26. The largest absolute Gasteiger partial charge is 0.330 e. The van der Waals surface area contributed by atoms with Crippen LogP contribution in [0, 0.1) is 5.82 Å². The number of nitrogens with two attached hydrogens (primary N) is 1. The van der Waals surface area contributed by atoms with E-state index < -0.39 is 0 Å². The summed E-state index contributed by atoms with van der Waals surface area (Å²) in [5, 5.41) is 0.702. The first-order chi connectivity index (χ1) is 9.11. The molecule has 2 N–H and O–H groups in total. The molecule has 5 heteroatoms. The molecule has 2 atom stereocenters. The topological polar surface area (TPSA) is 38.9 Å². The van der Waals surface area contributed by atoms with E-state index in [2.05, 4.69) is 11.9 Å². The molecule has 1 aromatic carbocycles. The third kappa shape index (κ3) is 3.92. The standard InChI is InChI=1S/C15H16ClFN2.ClH/c1-10(11-2-4-13(16)5-3-11)15(7-18)12-6-14(17)9-19-8-12;/h2-6,8-10,15H,7,18H2,1H3;1H. The van der Waals surface area contributed by atoms with Gasteiger partial charge in [-0.3, -0.25) is 4.98 Å². The van der Waals surface area contributed by atoms with Gasteiger partial charge in [0.1, 0.15) is 5.82 Å². The summed E-state index contributed by atoms with van der Waals surface area (Å²) in [6, 6.07) is 9.15. The summed E-state index contributed by atoms with van der Waals surface area (Å²) >= 11 is 5.88. The van der Waals surface area contributed by atoms with Gasteiger partial charge in [0.05, 0.1) is 6.20 Å². The average molecular weight is 315 g/mol. The molecule has 0 spiro atoms. The predicted molar refractivity (Wildman–Crippen MR) is 83.1 cm³/mol. The first-order valence-corrected chi connectivity index (χ1v) is 6.55. The number of hydrogen-bond donors (Lipinski definition) is 1. The number of halogens is 3. The zero-order chi connectivity index (χ0) is 13.8. The van der Waals surface area contributed by atoms with Gasteiger partial charge in [0.25, 0.3) is 0 Å². The summed E-state index contributed by atoms with van der Waals surface area (Å²) in [6.07, 6.45) is 2.87. The van der Waals surface area contributed by atoms with Crippen LogP contribution >= 0.6 is 24.0 Å². The minimum atomic E-state index is -0.334. The molecule has 2 aromatic rings. The Morgan fingerprint density at radius 2 is 1.85 bits per heavy atom. The maximum absolute atomic E-state index is 13.3. The summed E-state index contributed by atoms with van der Waals surface area (Å²) < 4.78 is 13.3. The lowest BCUT2D eigenvalue weighted by atomic mass is 9.83. The van der Waals surface area contributed by atoms with Crippen molar-refractivity contribution in [1.29, 1.82) is 0 Å². The molecule has 2 unspecified atom stereocenters. The summed E-state index contributed by atoms with van der Waals surface area (Å²) in [5.74, 6) is -0.130. The van der Waals surface area contributed by atoms with Crippen molar-refractivity contribution in [3.63, 3.8) is 0 Å². The van der Waals surface area contributed by atoms with Crippen molar-refractivity contribution in [2.75, 3.05) is 6.54 Å². The van der Waals surface area contributed by atoms with E-state index in [1.165, 1.54) is 12.3 Å². The van der Waals surface area contributed by atoms with Gasteiger partial charge in [-0.05, 0) is 41.8 Å². The van der Waals surface area contributed by atoms with E-state index in [9.17, 15) is 4.39 Å².